The number of aromatic nitrogens is 1. The van der Waals surface area contributed by atoms with Crippen LogP contribution >= 0.6 is 11.6 Å². The van der Waals surface area contributed by atoms with Crippen molar-refractivity contribution in [1.29, 1.82) is 0 Å². The molecule has 2 aromatic rings. The Bertz CT molecular complexity index is 749. The molecule has 8 heteroatoms. The lowest BCUT2D eigenvalue weighted by molar-refractivity contribution is -0.119. The largest absolute Gasteiger partial charge is 0.493 e. The van der Waals surface area contributed by atoms with Gasteiger partial charge in [0.15, 0.2) is 18.1 Å². The normalized spacial score (nSPS) is 10.0. The van der Waals surface area contributed by atoms with Crippen LogP contribution in [0.4, 0.5) is 5.82 Å². The van der Waals surface area contributed by atoms with Gasteiger partial charge in [-0.25, -0.2) is 9.78 Å². The lowest BCUT2D eigenvalue weighted by Crippen LogP contribution is -2.21. The number of amides is 1. The quantitative estimate of drug-likeness (QED) is 0.760. The number of nitrogens with one attached hydrogen (secondary N) is 1. The van der Waals surface area contributed by atoms with E-state index in [0.717, 1.165) is 0 Å². The van der Waals surface area contributed by atoms with E-state index in [1.165, 1.54) is 25.4 Å². The van der Waals surface area contributed by atoms with Gasteiger partial charge >= 0.3 is 5.97 Å². The highest BCUT2D eigenvalue weighted by molar-refractivity contribution is 6.30. The molecule has 0 radical (unpaired) electrons. The van der Waals surface area contributed by atoms with Crippen molar-refractivity contribution >= 4 is 29.3 Å². The van der Waals surface area contributed by atoms with E-state index in [9.17, 15) is 9.59 Å². The van der Waals surface area contributed by atoms with Crippen molar-refractivity contribution in [2.24, 2.45) is 0 Å². The number of ether oxygens (including phenoxy) is 3. The summed E-state index contributed by atoms with van der Waals surface area (Å²) in [6.45, 7) is 1.87. The first-order valence-corrected chi connectivity index (χ1v) is 7.80. The van der Waals surface area contributed by atoms with Gasteiger partial charge in [-0.3, -0.25) is 4.79 Å². The van der Waals surface area contributed by atoms with Crippen molar-refractivity contribution in [1.82, 2.24) is 4.98 Å². The van der Waals surface area contributed by atoms with Gasteiger partial charge in [0.1, 0.15) is 5.82 Å². The first-order valence-electron chi connectivity index (χ1n) is 7.43. The third-order valence-corrected chi connectivity index (χ3v) is 3.25. The second kappa shape index (κ2) is 8.89. The van der Waals surface area contributed by atoms with E-state index in [0.29, 0.717) is 28.9 Å². The highest BCUT2D eigenvalue weighted by Gasteiger charge is 2.14. The summed E-state index contributed by atoms with van der Waals surface area (Å²) in [5.41, 5.74) is 0.248. The Morgan fingerprint density at radius 2 is 2.00 bits per heavy atom. The molecule has 0 saturated carbocycles. The minimum absolute atomic E-state index is 0.248. The minimum Gasteiger partial charge on any atom is -0.493 e. The van der Waals surface area contributed by atoms with Crippen molar-refractivity contribution in [3.8, 4) is 11.5 Å². The molecule has 1 N–H and O–H groups in total. The zero-order chi connectivity index (χ0) is 18.2. The van der Waals surface area contributed by atoms with Gasteiger partial charge in [-0.2, -0.15) is 0 Å². The molecule has 0 atom stereocenters. The predicted molar refractivity (Wildman–Crippen MR) is 92.3 cm³/mol. The SMILES string of the molecule is CCOc1ccc(C(=O)OCC(=O)Nc2ccc(Cl)cn2)cc1OC. The summed E-state index contributed by atoms with van der Waals surface area (Å²) in [7, 11) is 1.47. The molecule has 1 aromatic heterocycles. The molecule has 7 nitrogen and oxygen atoms in total. The predicted octanol–water partition coefficient (Wildman–Crippen LogP) is 2.94. The number of halogens is 1. The number of pyridine rings is 1. The third-order valence-electron chi connectivity index (χ3n) is 3.03. The van der Waals surface area contributed by atoms with Gasteiger partial charge in [-0.1, -0.05) is 11.6 Å². The van der Waals surface area contributed by atoms with Crippen LogP contribution < -0.4 is 14.8 Å². The summed E-state index contributed by atoms with van der Waals surface area (Å²) in [6, 6.07) is 7.76. The van der Waals surface area contributed by atoms with E-state index >= 15 is 0 Å². The summed E-state index contributed by atoms with van der Waals surface area (Å²) in [5.74, 6) is 0.0778. The molecule has 1 heterocycles. The van der Waals surface area contributed by atoms with E-state index in [-0.39, 0.29) is 5.56 Å². The monoisotopic (exact) mass is 364 g/mol. The summed E-state index contributed by atoms with van der Waals surface area (Å²) >= 11 is 5.71. The topological polar surface area (TPSA) is 86.8 Å². The fourth-order valence-electron chi connectivity index (χ4n) is 1.91. The summed E-state index contributed by atoms with van der Waals surface area (Å²) < 4.78 is 15.5. The van der Waals surface area contributed by atoms with Gasteiger partial charge < -0.3 is 19.5 Å². The van der Waals surface area contributed by atoms with Crippen LogP contribution in [-0.2, 0) is 9.53 Å². The van der Waals surface area contributed by atoms with Gasteiger partial charge in [0.2, 0.25) is 0 Å². The third kappa shape index (κ3) is 5.36. The molecule has 0 bridgehead atoms. The zero-order valence-electron chi connectivity index (χ0n) is 13.7. The van der Waals surface area contributed by atoms with Crippen LogP contribution in [0.2, 0.25) is 5.02 Å². The zero-order valence-corrected chi connectivity index (χ0v) is 14.5. The number of hydrogen-bond donors (Lipinski definition) is 1. The molecule has 0 fully saturated rings. The van der Waals surface area contributed by atoms with E-state index in [1.54, 1.807) is 18.2 Å². The Morgan fingerprint density at radius 3 is 2.64 bits per heavy atom. The standard InChI is InChI=1S/C17H17ClN2O5/c1-3-24-13-6-4-11(8-14(13)23-2)17(22)25-10-16(21)20-15-7-5-12(18)9-19-15/h4-9H,3,10H2,1-2H3,(H,19,20,21). The lowest BCUT2D eigenvalue weighted by Gasteiger charge is -2.11. The van der Waals surface area contributed by atoms with Crippen LogP contribution in [0.15, 0.2) is 36.5 Å². The van der Waals surface area contributed by atoms with Crippen LogP contribution in [-0.4, -0.2) is 37.2 Å². The Kier molecular flexibility index (Phi) is 6.59. The van der Waals surface area contributed by atoms with Crippen molar-refractivity contribution in [3.05, 3.63) is 47.1 Å². The molecule has 1 aromatic carbocycles. The highest BCUT2D eigenvalue weighted by atomic mass is 35.5. The molecule has 2 rings (SSSR count). The van der Waals surface area contributed by atoms with Crippen molar-refractivity contribution in [2.75, 3.05) is 25.6 Å². The van der Waals surface area contributed by atoms with Crippen molar-refractivity contribution in [2.45, 2.75) is 6.92 Å². The average molecular weight is 365 g/mol. The van der Waals surface area contributed by atoms with Crippen LogP contribution in [0.5, 0.6) is 11.5 Å². The lowest BCUT2D eigenvalue weighted by atomic mass is 10.2. The maximum absolute atomic E-state index is 12.1. The van der Waals surface area contributed by atoms with Gasteiger partial charge in [0.05, 0.1) is 24.3 Å². The maximum atomic E-state index is 12.1. The number of methoxy groups -OCH3 is 1. The van der Waals surface area contributed by atoms with Gasteiger partial charge in [-0.15, -0.1) is 0 Å². The average Bonchev–Trinajstić information content (AvgIpc) is 2.62. The number of carbonyl (C=O) groups is 2. The van der Waals surface area contributed by atoms with E-state index in [1.807, 2.05) is 6.92 Å². The molecular weight excluding hydrogens is 348 g/mol. The molecule has 0 unspecified atom stereocenters. The Hall–Kier alpha value is -2.80. The van der Waals surface area contributed by atoms with Crippen molar-refractivity contribution < 1.29 is 23.8 Å². The summed E-state index contributed by atoms with van der Waals surface area (Å²) in [5, 5.41) is 2.95. The van der Waals surface area contributed by atoms with Gasteiger partial charge in [-0.05, 0) is 37.3 Å². The first-order chi connectivity index (χ1) is 12.0. The fraction of sp³-hybridized carbons (Fsp3) is 0.235. The molecule has 0 aliphatic heterocycles. The summed E-state index contributed by atoms with van der Waals surface area (Å²) in [4.78, 5) is 27.8. The molecule has 0 spiro atoms. The number of nitrogens with zero attached hydrogens (tertiary/aromatic N) is 1. The minimum atomic E-state index is -0.652. The van der Waals surface area contributed by atoms with Crippen LogP contribution in [0, 0.1) is 0 Å². The number of carbonyl (C=O) groups excluding carboxylic acids is 2. The molecule has 0 saturated heterocycles. The second-order valence-corrected chi connectivity index (χ2v) is 5.22. The Morgan fingerprint density at radius 1 is 1.20 bits per heavy atom. The molecule has 0 aliphatic carbocycles. The number of esters is 1. The first kappa shape index (κ1) is 18.5. The smallest absolute Gasteiger partial charge is 0.338 e. The van der Waals surface area contributed by atoms with Gasteiger partial charge in [0, 0.05) is 6.20 Å². The molecule has 1 amide bonds. The molecule has 0 aliphatic rings. The fourth-order valence-corrected chi connectivity index (χ4v) is 2.02. The number of anilines is 1. The molecule has 132 valence electrons. The second-order valence-electron chi connectivity index (χ2n) is 4.78. The van der Waals surface area contributed by atoms with E-state index < -0.39 is 18.5 Å². The van der Waals surface area contributed by atoms with Crippen LogP contribution in [0.25, 0.3) is 0 Å². The highest BCUT2D eigenvalue weighted by Crippen LogP contribution is 2.28. The maximum Gasteiger partial charge on any atom is 0.338 e. The van der Waals surface area contributed by atoms with Crippen LogP contribution in [0.1, 0.15) is 17.3 Å². The van der Waals surface area contributed by atoms with Crippen molar-refractivity contribution in [3.63, 3.8) is 0 Å². The van der Waals surface area contributed by atoms with E-state index in [2.05, 4.69) is 10.3 Å². The number of rotatable bonds is 7. The molecule has 25 heavy (non-hydrogen) atoms. The number of hydrogen-bond acceptors (Lipinski definition) is 6. The van der Waals surface area contributed by atoms with Crippen LogP contribution in [0.3, 0.4) is 0 Å². The summed E-state index contributed by atoms with van der Waals surface area (Å²) in [6.07, 6.45) is 1.40. The molecular formula is C17H17ClN2O5. The Balaban J connectivity index is 1.93. The Labute approximate surface area is 149 Å². The number of benzene rings is 1. The van der Waals surface area contributed by atoms with Gasteiger partial charge in [0.25, 0.3) is 5.91 Å². The van der Waals surface area contributed by atoms with E-state index in [4.69, 9.17) is 25.8 Å².